The lowest BCUT2D eigenvalue weighted by Crippen LogP contribution is -2.56. The van der Waals surface area contributed by atoms with E-state index in [1.165, 1.54) is 0 Å². The van der Waals surface area contributed by atoms with Crippen LogP contribution in [0.15, 0.2) is 18.2 Å². The average molecular weight is 328 g/mol. The van der Waals surface area contributed by atoms with Gasteiger partial charge in [-0.1, -0.05) is 0 Å². The number of fused-ring (bicyclic) bond motifs is 1. The summed E-state index contributed by atoms with van der Waals surface area (Å²) in [6, 6.07) is 6.81. The molecule has 2 heterocycles. The van der Waals surface area contributed by atoms with Gasteiger partial charge in [0.25, 0.3) is 6.47 Å². The Kier molecular flexibility index (Phi) is 4.18. The molecule has 1 aromatic carbocycles. The zero-order valence-electron chi connectivity index (χ0n) is 13.8. The molecule has 1 fully saturated rings. The second kappa shape index (κ2) is 6.16. The SMILES string of the molecule is CC1(C)Oc2ccc(C#N)cc2C(N2CCCCC2=O)C1OC=O. The number of ether oxygens (including phenoxy) is 2. The Morgan fingerprint density at radius 3 is 2.88 bits per heavy atom. The molecule has 0 saturated carbocycles. The summed E-state index contributed by atoms with van der Waals surface area (Å²) in [6.45, 7) is 4.68. The molecule has 6 heteroatoms. The molecule has 24 heavy (non-hydrogen) atoms. The molecule has 2 atom stereocenters. The van der Waals surface area contributed by atoms with Gasteiger partial charge in [0.15, 0.2) is 6.10 Å². The van der Waals surface area contributed by atoms with Crippen molar-refractivity contribution in [2.75, 3.05) is 6.54 Å². The van der Waals surface area contributed by atoms with E-state index < -0.39 is 17.7 Å². The molecule has 6 nitrogen and oxygen atoms in total. The Bertz CT molecular complexity index is 707. The molecule has 3 rings (SSSR count). The molecule has 1 saturated heterocycles. The number of benzene rings is 1. The molecule has 2 aliphatic rings. The van der Waals surface area contributed by atoms with Gasteiger partial charge in [-0.15, -0.1) is 0 Å². The molecular weight excluding hydrogens is 308 g/mol. The van der Waals surface area contributed by atoms with Gasteiger partial charge in [-0.2, -0.15) is 5.26 Å². The van der Waals surface area contributed by atoms with Gasteiger partial charge in [-0.05, 0) is 44.9 Å². The molecular formula is C18H20N2O4. The Hall–Kier alpha value is -2.55. The van der Waals surface area contributed by atoms with Crippen molar-refractivity contribution in [3.05, 3.63) is 29.3 Å². The Morgan fingerprint density at radius 2 is 2.21 bits per heavy atom. The average Bonchev–Trinajstić information content (AvgIpc) is 2.56. The number of nitrogens with zero attached hydrogens (tertiary/aromatic N) is 2. The maximum Gasteiger partial charge on any atom is 0.293 e. The number of piperidine rings is 1. The Labute approximate surface area is 141 Å². The minimum atomic E-state index is -0.787. The molecule has 2 unspecified atom stereocenters. The number of rotatable bonds is 3. The molecule has 0 aromatic heterocycles. The number of hydrogen-bond donors (Lipinski definition) is 0. The second-order valence-electron chi connectivity index (χ2n) is 6.71. The van der Waals surface area contributed by atoms with E-state index in [1.54, 1.807) is 23.1 Å². The number of amides is 1. The molecule has 0 radical (unpaired) electrons. The highest BCUT2D eigenvalue weighted by Crippen LogP contribution is 2.45. The molecule has 0 bridgehead atoms. The predicted molar refractivity (Wildman–Crippen MR) is 85.1 cm³/mol. The van der Waals surface area contributed by atoms with E-state index in [0.717, 1.165) is 18.4 Å². The first-order valence-corrected chi connectivity index (χ1v) is 8.09. The van der Waals surface area contributed by atoms with Crippen molar-refractivity contribution in [1.29, 1.82) is 5.26 Å². The normalized spacial score (nSPS) is 25.2. The second-order valence-corrected chi connectivity index (χ2v) is 6.71. The van der Waals surface area contributed by atoms with Crippen molar-refractivity contribution in [1.82, 2.24) is 4.90 Å². The largest absolute Gasteiger partial charge is 0.484 e. The lowest BCUT2D eigenvalue weighted by atomic mass is 9.84. The fourth-order valence-corrected chi connectivity index (χ4v) is 3.58. The number of carbonyl (C=O) groups is 2. The summed E-state index contributed by atoms with van der Waals surface area (Å²) in [5.74, 6) is 0.657. The van der Waals surface area contributed by atoms with Crippen LogP contribution in [0.4, 0.5) is 0 Å². The lowest BCUT2D eigenvalue weighted by molar-refractivity contribution is -0.164. The van der Waals surface area contributed by atoms with Crippen LogP contribution >= 0.6 is 0 Å². The fourth-order valence-electron chi connectivity index (χ4n) is 3.58. The molecule has 0 spiro atoms. The summed E-state index contributed by atoms with van der Waals surface area (Å²) >= 11 is 0. The maximum absolute atomic E-state index is 12.5. The van der Waals surface area contributed by atoms with Crippen LogP contribution in [0.3, 0.4) is 0 Å². The molecule has 126 valence electrons. The van der Waals surface area contributed by atoms with Gasteiger partial charge in [-0.3, -0.25) is 9.59 Å². The number of hydrogen-bond acceptors (Lipinski definition) is 5. The van der Waals surface area contributed by atoms with Crippen molar-refractivity contribution in [3.63, 3.8) is 0 Å². The van der Waals surface area contributed by atoms with Gasteiger partial charge in [0.1, 0.15) is 17.4 Å². The van der Waals surface area contributed by atoms with E-state index in [0.29, 0.717) is 30.8 Å². The van der Waals surface area contributed by atoms with Gasteiger partial charge in [0.05, 0.1) is 11.6 Å². The zero-order valence-corrected chi connectivity index (χ0v) is 13.8. The minimum absolute atomic E-state index is 0.0387. The van der Waals surface area contributed by atoms with Crippen molar-refractivity contribution in [2.24, 2.45) is 0 Å². The molecule has 2 aliphatic heterocycles. The van der Waals surface area contributed by atoms with Gasteiger partial charge in [-0.25, -0.2) is 0 Å². The zero-order chi connectivity index (χ0) is 17.3. The van der Waals surface area contributed by atoms with E-state index in [9.17, 15) is 14.9 Å². The standard InChI is InChI=1S/C18H20N2O4/c1-18(2)17(23-11-21)16(20-8-4-3-5-15(20)22)13-9-12(10-19)6-7-14(13)24-18/h6-7,9,11,16-17H,3-5,8H2,1-2H3. The first-order valence-electron chi connectivity index (χ1n) is 8.09. The monoisotopic (exact) mass is 328 g/mol. The summed E-state index contributed by atoms with van der Waals surface area (Å²) < 4.78 is 11.4. The van der Waals surface area contributed by atoms with Crippen LogP contribution in [-0.4, -0.2) is 35.5 Å². The van der Waals surface area contributed by atoms with Gasteiger partial charge >= 0.3 is 0 Å². The van der Waals surface area contributed by atoms with E-state index >= 15 is 0 Å². The van der Waals surface area contributed by atoms with Crippen molar-refractivity contribution in [3.8, 4) is 11.8 Å². The van der Waals surface area contributed by atoms with E-state index in [-0.39, 0.29) is 5.91 Å². The Morgan fingerprint density at radius 1 is 1.42 bits per heavy atom. The lowest BCUT2D eigenvalue weighted by Gasteiger charge is -2.48. The summed E-state index contributed by atoms with van der Waals surface area (Å²) in [6.07, 6.45) is 1.62. The summed E-state index contributed by atoms with van der Waals surface area (Å²) in [5, 5.41) is 9.20. The molecule has 1 amide bonds. The highest BCUT2D eigenvalue weighted by atomic mass is 16.6. The topological polar surface area (TPSA) is 79.6 Å². The smallest absolute Gasteiger partial charge is 0.293 e. The highest BCUT2D eigenvalue weighted by Gasteiger charge is 2.49. The van der Waals surface area contributed by atoms with Crippen LogP contribution < -0.4 is 4.74 Å². The molecule has 0 aliphatic carbocycles. The van der Waals surface area contributed by atoms with Crippen LogP contribution in [0.2, 0.25) is 0 Å². The molecule has 1 aromatic rings. The van der Waals surface area contributed by atoms with Crippen molar-refractivity contribution in [2.45, 2.75) is 50.9 Å². The minimum Gasteiger partial charge on any atom is -0.484 e. The first-order chi connectivity index (χ1) is 11.5. The van der Waals surface area contributed by atoms with E-state index in [2.05, 4.69) is 6.07 Å². The third-order valence-corrected chi connectivity index (χ3v) is 4.70. The third kappa shape index (κ3) is 2.71. The number of likely N-dealkylation sites (tertiary alicyclic amines) is 1. The summed E-state index contributed by atoms with van der Waals surface area (Å²) in [7, 11) is 0. The van der Waals surface area contributed by atoms with Crippen LogP contribution in [0.1, 0.15) is 50.3 Å². The fraction of sp³-hybridized carbons (Fsp3) is 0.500. The van der Waals surface area contributed by atoms with Gasteiger partial charge in [0, 0.05) is 18.5 Å². The third-order valence-electron chi connectivity index (χ3n) is 4.70. The first kappa shape index (κ1) is 16.3. The highest BCUT2D eigenvalue weighted by molar-refractivity contribution is 5.78. The van der Waals surface area contributed by atoms with Gasteiger partial charge < -0.3 is 14.4 Å². The summed E-state index contributed by atoms with van der Waals surface area (Å²) in [5.41, 5.74) is 0.414. The maximum atomic E-state index is 12.5. The van der Waals surface area contributed by atoms with E-state index in [4.69, 9.17) is 9.47 Å². The van der Waals surface area contributed by atoms with Crippen molar-refractivity contribution >= 4 is 12.4 Å². The number of nitriles is 1. The van der Waals surface area contributed by atoms with E-state index in [1.807, 2.05) is 13.8 Å². The van der Waals surface area contributed by atoms with Crippen LogP contribution in [-0.2, 0) is 14.3 Å². The van der Waals surface area contributed by atoms with Crippen LogP contribution in [0, 0.1) is 11.3 Å². The van der Waals surface area contributed by atoms with Crippen LogP contribution in [0.25, 0.3) is 0 Å². The quantitative estimate of drug-likeness (QED) is 0.796. The van der Waals surface area contributed by atoms with Crippen molar-refractivity contribution < 1.29 is 19.1 Å². The Balaban J connectivity index is 2.14. The number of carbonyl (C=O) groups excluding carboxylic acids is 2. The van der Waals surface area contributed by atoms with Gasteiger partial charge in [0.2, 0.25) is 5.91 Å². The van der Waals surface area contributed by atoms with Crippen LogP contribution in [0.5, 0.6) is 5.75 Å². The molecule has 0 N–H and O–H groups in total. The predicted octanol–water partition coefficient (Wildman–Crippen LogP) is 2.32. The summed E-state index contributed by atoms with van der Waals surface area (Å²) in [4.78, 5) is 25.3.